The van der Waals surface area contributed by atoms with Gasteiger partial charge in [-0.15, -0.1) is 0 Å². The van der Waals surface area contributed by atoms with E-state index in [0.29, 0.717) is 24.9 Å². The van der Waals surface area contributed by atoms with Crippen molar-refractivity contribution in [2.45, 2.75) is 82.6 Å². The highest BCUT2D eigenvalue weighted by atomic mass is 16.3. The lowest BCUT2D eigenvalue weighted by atomic mass is 10.00. The molecule has 1 radical (unpaired) electrons. The van der Waals surface area contributed by atoms with Crippen molar-refractivity contribution in [3.63, 3.8) is 0 Å². The quantitative estimate of drug-likeness (QED) is 0.0629. The zero-order valence-corrected chi connectivity index (χ0v) is 30.1. The van der Waals surface area contributed by atoms with Crippen LogP contribution in [0, 0.1) is 5.92 Å². The first-order chi connectivity index (χ1) is 25.5. The van der Waals surface area contributed by atoms with E-state index in [2.05, 4.69) is 26.3 Å². The number of para-hydroxylation sites is 1. The van der Waals surface area contributed by atoms with Crippen molar-refractivity contribution in [2.24, 2.45) is 17.4 Å². The SMILES string of the molecule is CC(C)[C@@H]([C]=O)NC(=O)[C@H](CCCCN)NC(=O)[C@@H](Cc1c[nH]c2ccccc12)NC(=O)[C@H](Cc1ccc(O)cc1)NC(=O)C(N)Cc1ccccc1. The number of aromatic amines is 1. The summed E-state index contributed by atoms with van der Waals surface area (Å²) in [6.07, 6.45) is 5.28. The van der Waals surface area contributed by atoms with E-state index in [1.165, 1.54) is 12.1 Å². The molecule has 1 unspecified atom stereocenters. The predicted molar refractivity (Wildman–Crippen MR) is 203 cm³/mol. The van der Waals surface area contributed by atoms with E-state index in [1.807, 2.05) is 60.9 Å². The Morgan fingerprint density at radius 1 is 0.717 bits per heavy atom. The van der Waals surface area contributed by atoms with Crippen molar-refractivity contribution in [1.82, 2.24) is 26.3 Å². The highest BCUT2D eigenvalue weighted by Gasteiger charge is 2.32. The van der Waals surface area contributed by atoms with Crippen LogP contribution in [0.4, 0.5) is 0 Å². The summed E-state index contributed by atoms with van der Waals surface area (Å²) in [5, 5.41) is 21.8. The Bertz CT molecular complexity index is 1810. The number of amides is 4. The van der Waals surface area contributed by atoms with Gasteiger partial charge >= 0.3 is 0 Å². The topological polar surface area (TPSA) is 222 Å². The van der Waals surface area contributed by atoms with E-state index in [9.17, 15) is 29.1 Å². The first-order valence-corrected chi connectivity index (χ1v) is 17.9. The van der Waals surface area contributed by atoms with Gasteiger partial charge in [0.1, 0.15) is 23.9 Å². The van der Waals surface area contributed by atoms with Gasteiger partial charge in [0.2, 0.25) is 29.9 Å². The number of phenolic OH excluding ortho intramolecular Hbond substituents is 1. The zero-order valence-electron chi connectivity index (χ0n) is 30.1. The summed E-state index contributed by atoms with van der Waals surface area (Å²) in [6, 6.07) is 17.8. The number of carbonyl (C=O) groups excluding carboxylic acids is 5. The van der Waals surface area contributed by atoms with Crippen molar-refractivity contribution >= 4 is 40.8 Å². The smallest absolute Gasteiger partial charge is 0.243 e. The Morgan fingerprint density at radius 3 is 1.96 bits per heavy atom. The van der Waals surface area contributed by atoms with Gasteiger partial charge in [0.25, 0.3) is 0 Å². The standard InChI is InChI=1S/C40H50N7O6/c1-25(2)36(24-48)47-38(51)33(14-8-9-19-41)44-40(53)35(22-28-23-43-32-13-7-6-12-30(28)32)46-39(52)34(21-27-15-17-29(49)18-16-27)45-37(50)31(42)20-26-10-4-3-5-11-26/h3-7,10-13,15-18,23,25,31,33-36,43,49H,8-9,14,19-22,41-42H2,1-2H3,(H,44,53)(H,45,50)(H,46,52)(H,47,51)/t31?,33-,34-,35+,36+/m0/s1. The Morgan fingerprint density at radius 2 is 1.30 bits per heavy atom. The van der Waals surface area contributed by atoms with Crippen LogP contribution < -0.4 is 32.7 Å². The molecule has 53 heavy (non-hydrogen) atoms. The summed E-state index contributed by atoms with van der Waals surface area (Å²) in [5.74, 6) is -2.60. The van der Waals surface area contributed by atoms with Gasteiger partial charge in [-0.1, -0.05) is 74.5 Å². The summed E-state index contributed by atoms with van der Waals surface area (Å²) >= 11 is 0. The van der Waals surface area contributed by atoms with E-state index in [0.717, 1.165) is 22.0 Å². The molecule has 0 spiro atoms. The number of aromatic hydroxyl groups is 1. The molecule has 13 nitrogen and oxygen atoms in total. The first-order valence-electron chi connectivity index (χ1n) is 17.9. The van der Waals surface area contributed by atoms with Gasteiger partial charge in [0.15, 0.2) is 0 Å². The highest BCUT2D eigenvalue weighted by Crippen LogP contribution is 2.20. The van der Waals surface area contributed by atoms with Gasteiger partial charge in [-0.05, 0) is 73.0 Å². The third kappa shape index (κ3) is 12.0. The van der Waals surface area contributed by atoms with E-state index in [4.69, 9.17) is 11.5 Å². The maximum atomic E-state index is 14.2. The molecule has 0 saturated carbocycles. The third-order valence-electron chi connectivity index (χ3n) is 9.05. The lowest BCUT2D eigenvalue weighted by molar-refractivity contribution is -0.134. The molecule has 0 bridgehead atoms. The molecule has 0 aliphatic heterocycles. The minimum atomic E-state index is -1.19. The maximum absolute atomic E-state index is 14.2. The van der Waals surface area contributed by atoms with Gasteiger partial charge in [0, 0.05) is 29.9 Å². The molecule has 0 aliphatic carbocycles. The normalized spacial score (nSPS) is 14.1. The number of carbonyl (C=O) groups is 4. The Kier molecular flexibility index (Phi) is 15.1. The summed E-state index contributed by atoms with van der Waals surface area (Å²) in [4.78, 5) is 70.0. The Hall–Kier alpha value is -5.53. The fourth-order valence-electron chi connectivity index (χ4n) is 5.94. The second-order valence-corrected chi connectivity index (χ2v) is 13.5. The molecule has 3 aromatic carbocycles. The fraction of sp³-hybridized carbons (Fsp3) is 0.375. The number of benzene rings is 3. The van der Waals surface area contributed by atoms with Crippen molar-refractivity contribution in [1.29, 1.82) is 0 Å². The molecule has 0 aliphatic rings. The van der Waals surface area contributed by atoms with E-state index >= 15 is 0 Å². The van der Waals surface area contributed by atoms with Gasteiger partial charge < -0.3 is 42.8 Å². The monoisotopic (exact) mass is 724 g/mol. The fourth-order valence-corrected chi connectivity index (χ4v) is 5.94. The number of fused-ring (bicyclic) bond motifs is 1. The molecule has 281 valence electrons. The second kappa shape index (κ2) is 19.9. The van der Waals surface area contributed by atoms with Crippen molar-refractivity contribution in [3.8, 4) is 5.75 Å². The molecular weight excluding hydrogens is 674 g/mol. The largest absolute Gasteiger partial charge is 0.508 e. The van der Waals surface area contributed by atoms with Crippen LogP contribution in [-0.4, -0.2) is 76.8 Å². The third-order valence-corrected chi connectivity index (χ3v) is 9.05. The molecule has 1 heterocycles. The van der Waals surface area contributed by atoms with Crippen LogP contribution in [0.2, 0.25) is 0 Å². The molecule has 0 saturated heterocycles. The Balaban J connectivity index is 1.62. The number of H-pyrrole nitrogens is 1. The summed E-state index contributed by atoms with van der Waals surface area (Å²) in [5.41, 5.74) is 15.0. The summed E-state index contributed by atoms with van der Waals surface area (Å²) < 4.78 is 0. The first kappa shape index (κ1) is 40.2. The lowest BCUT2D eigenvalue weighted by Gasteiger charge is -2.27. The average molecular weight is 725 g/mol. The van der Waals surface area contributed by atoms with Crippen LogP contribution in [0.3, 0.4) is 0 Å². The summed E-state index contributed by atoms with van der Waals surface area (Å²) in [6.45, 7) is 3.93. The number of aromatic nitrogens is 1. The van der Waals surface area contributed by atoms with Crippen LogP contribution in [0.1, 0.15) is 49.8 Å². The van der Waals surface area contributed by atoms with Crippen LogP contribution in [0.25, 0.3) is 10.9 Å². The molecule has 13 heteroatoms. The van der Waals surface area contributed by atoms with Gasteiger partial charge in [-0.2, -0.15) is 0 Å². The number of hydrogen-bond acceptors (Lipinski definition) is 8. The average Bonchev–Trinajstić information content (AvgIpc) is 3.56. The molecule has 4 rings (SSSR count). The molecule has 5 atom stereocenters. The Labute approximate surface area is 309 Å². The number of hydrogen-bond donors (Lipinski definition) is 8. The number of nitrogens with two attached hydrogens (primary N) is 2. The van der Waals surface area contributed by atoms with Crippen LogP contribution in [0.5, 0.6) is 5.75 Å². The van der Waals surface area contributed by atoms with Crippen molar-refractivity contribution in [2.75, 3.05) is 6.54 Å². The van der Waals surface area contributed by atoms with Crippen LogP contribution in [-0.2, 0) is 43.2 Å². The zero-order chi connectivity index (χ0) is 38.3. The van der Waals surface area contributed by atoms with Crippen LogP contribution in [0.15, 0.2) is 85.1 Å². The van der Waals surface area contributed by atoms with E-state index < -0.39 is 53.8 Å². The predicted octanol–water partition coefficient (Wildman–Crippen LogP) is 2.06. The van der Waals surface area contributed by atoms with Gasteiger partial charge in [-0.25, -0.2) is 0 Å². The number of nitrogens with one attached hydrogen (secondary N) is 5. The van der Waals surface area contributed by atoms with Crippen molar-refractivity contribution in [3.05, 3.63) is 102 Å². The van der Waals surface area contributed by atoms with Crippen LogP contribution >= 0.6 is 0 Å². The molecular formula is C40H50N7O6. The minimum absolute atomic E-state index is 0.0280. The van der Waals surface area contributed by atoms with E-state index in [-0.39, 0.29) is 37.4 Å². The van der Waals surface area contributed by atoms with Gasteiger partial charge in [-0.3, -0.25) is 24.0 Å². The maximum Gasteiger partial charge on any atom is 0.243 e. The van der Waals surface area contributed by atoms with Crippen molar-refractivity contribution < 1.29 is 29.1 Å². The second-order valence-electron chi connectivity index (χ2n) is 13.5. The molecule has 1 aromatic heterocycles. The molecule has 10 N–H and O–H groups in total. The lowest BCUT2D eigenvalue weighted by Crippen LogP contribution is -2.59. The highest BCUT2D eigenvalue weighted by molar-refractivity contribution is 5.96. The molecule has 0 fully saturated rings. The molecule has 4 amide bonds. The van der Waals surface area contributed by atoms with E-state index in [1.54, 1.807) is 32.2 Å². The minimum Gasteiger partial charge on any atom is -0.508 e. The number of phenols is 1. The van der Waals surface area contributed by atoms with Gasteiger partial charge in [0.05, 0.1) is 12.1 Å². The number of rotatable bonds is 20. The number of unbranched alkanes of at least 4 members (excludes halogenated alkanes) is 1. The summed E-state index contributed by atoms with van der Waals surface area (Å²) in [7, 11) is 0. The molecule has 4 aromatic rings.